The van der Waals surface area contributed by atoms with Gasteiger partial charge in [-0.05, 0) is 19.1 Å². The van der Waals surface area contributed by atoms with Gasteiger partial charge in [-0.25, -0.2) is 4.98 Å². The first-order valence-electron chi connectivity index (χ1n) is 5.72. The molecule has 0 unspecified atom stereocenters. The Labute approximate surface area is 106 Å². The number of hydrogen-bond acceptors (Lipinski definition) is 5. The van der Waals surface area contributed by atoms with Gasteiger partial charge in [-0.3, -0.25) is 0 Å². The highest BCUT2D eigenvalue weighted by atomic mass is 16.5. The van der Waals surface area contributed by atoms with Gasteiger partial charge in [-0.15, -0.1) is 0 Å². The Morgan fingerprint density at radius 3 is 2.67 bits per heavy atom. The van der Waals surface area contributed by atoms with Gasteiger partial charge in [0.15, 0.2) is 5.82 Å². The van der Waals surface area contributed by atoms with E-state index in [1.165, 1.54) is 0 Å². The minimum atomic E-state index is 0.326. The van der Waals surface area contributed by atoms with Crippen LogP contribution in [0.25, 0.3) is 0 Å². The number of rotatable bonds is 5. The maximum absolute atomic E-state index is 5.70. The van der Waals surface area contributed by atoms with Crippen LogP contribution in [-0.4, -0.2) is 16.6 Å². The Kier molecular flexibility index (Phi) is 4.09. The molecule has 2 N–H and O–H groups in total. The zero-order valence-corrected chi connectivity index (χ0v) is 10.2. The lowest BCUT2D eigenvalue weighted by Gasteiger charge is -2.07. The van der Waals surface area contributed by atoms with E-state index in [0.717, 1.165) is 0 Å². The Hall–Kier alpha value is -2.14. The third-order valence-electron chi connectivity index (χ3n) is 2.17. The summed E-state index contributed by atoms with van der Waals surface area (Å²) in [5.74, 6) is 2.01. The second-order valence-corrected chi connectivity index (χ2v) is 3.60. The van der Waals surface area contributed by atoms with E-state index in [1.807, 2.05) is 37.3 Å². The van der Waals surface area contributed by atoms with E-state index in [9.17, 15) is 0 Å². The molecule has 0 saturated carbocycles. The van der Waals surface area contributed by atoms with Gasteiger partial charge in [0, 0.05) is 12.7 Å². The van der Waals surface area contributed by atoms with Crippen LogP contribution in [0.4, 0.5) is 5.82 Å². The Balaban J connectivity index is 2.15. The average Bonchev–Trinajstić information content (AvgIpc) is 2.37. The predicted molar refractivity (Wildman–Crippen MR) is 68.3 cm³/mol. The molecule has 5 nitrogen and oxygen atoms in total. The number of aromatic nitrogens is 2. The monoisotopic (exact) mass is 245 g/mol. The van der Waals surface area contributed by atoms with Crippen molar-refractivity contribution in [2.75, 3.05) is 12.3 Å². The molecule has 0 fully saturated rings. The molecule has 2 rings (SSSR count). The summed E-state index contributed by atoms with van der Waals surface area (Å²) in [5, 5.41) is 0. The molecule has 2 aromatic rings. The first-order chi connectivity index (χ1) is 8.78. The molecule has 0 aliphatic rings. The summed E-state index contributed by atoms with van der Waals surface area (Å²) in [6.07, 6.45) is 0. The molecule has 0 aliphatic carbocycles. The Morgan fingerprint density at radius 1 is 1.17 bits per heavy atom. The number of anilines is 1. The van der Waals surface area contributed by atoms with Crippen LogP contribution in [0.15, 0.2) is 36.4 Å². The second kappa shape index (κ2) is 5.97. The molecular weight excluding hydrogens is 230 g/mol. The van der Waals surface area contributed by atoms with Crippen LogP contribution in [0.5, 0.6) is 11.6 Å². The molecule has 94 valence electrons. The van der Waals surface area contributed by atoms with Gasteiger partial charge in [0.2, 0.25) is 5.88 Å². The molecule has 0 radical (unpaired) electrons. The fourth-order valence-electron chi connectivity index (χ4n) is 1.41. The first kappa shape index (κ1) is 12.3. The predicted octanol–water partition coefficient (Wildman–Crippen LogP) is 2.39. The highest BCUT2D eigenvalue weighted by Gasteiger charge is 2.04. The fraction of sp³-hybridized carbons (Fsp3) is 0.231. The van der Waals surface area contributed by atoms with Crippen LogP contribution in [0.1, 0.15) is 12.7 Å². The zero-order chi connectivity index (χ0) is 12.8. The summed E-state index contributed by atoms with van der Waals surface area (Å²) >= 11 is 0. The molecular formula is C13H15N3O2. The number of nitrogen functional groups attached to an aromatic ring is 1. The van der Waals surface area contributed by atoms with E-state index in [0.29, 0.717) is 36.5 Å². The van der Waals surface area contributed by atoms with Crippen molar-refractivity contribution in [1.29, 1.82) is 0 Å². The Morgan fingerprint density at radius 2 is 1.94 bits per heavy atom. The Bertz CT molecular complexity index is 503. The molecule has 0 saturated heterocycles. The van der Waals surface area contributed by atoms with Gasteiger partial charge < -0.3 is 15.2 Å². The molecule has 1 heterocycles. The van der Waals surface area contributed by atoms with Crippen molar-refractivity contribution >= 4 is 5.82 Å². The van der Waals surface area contributed by atoms with Crippen LogP contribution in [-0.2, 0) is 11.3 Å². The van der Waals surface area contributed by atoms with E-state index in [1.54, 1.807) is 6.07 Å². The van der Waals surface area contributed by atoms with Crippen LogP contribution < -0.4 is 10.5 Å². The standard InChI is InChI=1S/C13H15N3O2/c1-2-17-9-12-15-11(14)8-13(16-12)18-10-6-4-3-5-7-10/h3-8H,2,9H2,1H3,(H2,14,15,16). The molecule has 0 bridgehead atoms. The minimum Gasteiger partial charge on any atom is -0.439 e. The largest absolute Gasteiger partial charge is 0.439 e. The van der Waals surface area contributed by atoms with Gasteiger partial charge >= 0.3 is 0 Å². The lowest BCUT2D eigenvalue weighted by molar-refractivity contribution is 0.128. The van der Waals surface area contributed by atoms with Crippen molar-refractivity contribution in [1.82, 2.24) is 9.97 Å². The number of benzene rings is 1. The van der Waals surface area contributed by atoms with Gasteiger partial charge in [0.05, 0.1) is 0 Å². The van der Waals surface area contributed by atoms with E-state index in [2.05, 4.69) is 9.97 Å². The minimum absolute atomic E-state index is 0.326. The van der Waals surface area contributed by atoms with Crippen LogP contribution in [0.3, 0.4) is 0 Å². The van der Waals surface area contributed by atoms with Gasteiger partial charge in [0.1, 0.15) is 18.2 Å². The lowest BCUT2D eigenvalue weighted by atomic mass is 10.3. The fourth-order valence-corrected chi connectivity index (χ4v) is 1.41. The smallest absolute Gasteiger partial charge is 0.224 e. The van der Waals surface area contributed by atoms with Crippen LogP contribution in [0, 0.1) is 0 Å². The third kappa shape index (κ3) is 3.43. The zero-order valence-electron chi connectivity index (χ0n) is 10.2. The quantitative estimate of drug-likeness (QED) is 0.875. The number of para-hydroxylation sites is 1. The average molecular weight is 245 g/mol. The van der Waals surface area contributed by atoms with E-state index >= 15 is 0 Å². The first-order valence-corrected chi connectivity index (χ1v) is 5.72. The summed E-state index contributed by atoms with van der Waals surface area (Å²) < 4.78 is 10.8. The van der Waals surface area contributed by atoms with Gasteiger partial charge in [-0.1, -0.05) is 18.2 Å². The molecule has 0 aliphatic heterocycles. The summed E-state index contributed by atoms with van der Waals surface area (Å²) in [4.78, 5) is 8.30. The van der Waals surface area contributed by atoms with Crippen molar-refractivity contribution in [2.45, 2.75) is 13.5 Å². The van der Waals surface area contributed by atoms with Crippen molar-refractivity contribution < 1.29 is 9.47 Å². The summed E-state index contributed by atoms with van der Waals surface area (Å²) in [6.45, 7) is 2.84. The molecule has 5 heteroatoms. The molecule has 18 heavy (non-hydrogen) atoms. The maximum atomic E-state index is 5.70. The van der Waals surface area contributed by atoms with Crippen LogP contribution in [0.2, 0.25) is 0 Å². The summed E-state index contributed by atoms with van der Waals surface area (Å²) in [5.41, 5.74) is 5.70. The highest BCUT2D eigenvalue weighted by Crippen LogP contribution is 2.20. The summed E-state index contributed by atoms with van der Waals surface area (Å²) in [7, 11) is 0. The van der Waals surface area contributed by atoms with E-state index in [-0.39, 0.29) is 0 Å². The molecule has 0 atom stereocenters. The summed E-state index contributed by atoms with van der Waals surface area (Å²) in [6, 6.07) is 11.0. The van der Waals surface area contributed by atoms with Crippen LogP contribution >= 0.6 is 0 Å². The molecule has 0 spiro atoms. The number of hydrogen-bond donors (Lipinski definition) is 1. The lowest BCUT2D eigenvalue weighted by Crippen LogP contribution is -2.03. The van der Waals surface area contributed by atoms with Crippen molar-refractivity contribution in [3.8, 4) is 11.6 Å². The SMILES string of the molecule is CCOCc1nc(N)cc(Oc2ccccc2)n1. The van der Waals surface area contributed by atoms with Crippen molar-refractivity contribution in [3.63, 3.8) is 0 Å². The van der Waals surface area contributed by atoms with Crippen molar-refractivity contribution in [3.05, 3.63) is 42.2 Å². The van der Waals surface area contributed by atoms with Crippen molar-refractivity contribution in [2.24, 2.45) is 0 Å². The third-order valence-corrected chi connectivity index (χ3v) is 2.17. The highest BCUT2D eigenvalue weighted by molar-refractivity contribution is 5.35. The normalized spacial score (nSPS) is 10.3. The number of ether oxygens (including phenoxy) is 2. The van der Waals surface area contributed by atoms with E-state index in [4.69, 9.17) is 15.2 Å². The molecule has 1 aromatic heterocycles. The molecule has 0 amide bonds. The van der Waals surface area contributed by atoms with Gasteiger partial charge in [-0.2, -0.15) is 4.98 Å². The van der Waals surface area contributed by atoms with Gasteiger partial charge in [0.25, 0.3) is 0 Å². The van der Waals surface area contributed by atoms with E-state index < -0.39 is 0 Å². The topological polar surface area (TPSA) is 70.3 Å². The maximum Gasteiger partial charge on any atom is 0.224 e. The number of nitrogens with zero attached hydrogens (tertiary/aromatic N) is 2. The molecule has 1 aromatic carbocycles. The number of nitrogens with two attached hydrogens (primary N) is 1. The second-order valence-electron chi connectivity index (χ2n) is 3.60.